The molecule has 0 saturated carbocycles. The molecule has 2 N–H and O–H groups in total. The number of guanidine groups is 1. The van der Waals surface area contributed by atoms with Crippen LogP contribution in [0.3, 0.4) is 0 Å². The van der Waals surface area contributed by atoms with Gasteiger partial charge in [-0.15, -0.1) is 0 Å². The topological polar surface area (TPSA) is 66.0 Å². The zero-order valence-corrected chi connectivity index (χ0v) is 16.9. The lowest BCUT2D eigenvalue weighted by molar-refractivity contribution is -0.130. The van der Waals surface area contributed by atoms with Crippen LogP contribution in [0.25, 0.3) is 0 Å². The Bertz CT molecular complexity index is 762. The predicted octanol–water partition coefficient (Wildman–Crippen LogP) is 2.80. The minimum Gasteiger partial charge on any atom is -0.494 e. The van der Waals surface area contributed by atoms with Crippen molar-refractivity contribution in [1.29, 1.82) is 0 Å². The van der Waals surface area contributed by atoms with Gasteiger partial charge in [-0.05, 0) is 25.5 Å². The molecule has 0 unspecified atom stereocenters. The first-order valence-electron chi connectivity index (χ1n) is 9.64. The molecule has 0 aliphatic rings. The average molecular weight is 383 g/mol. The van der Waals surface area contributed by atoms with Crippen LogP contribution in [0.2, 0.25) is 0 Å². The Morgan fingerprint density at radius 3 is 2.43 bits per heavy atom. The van der Waals surface area contributed by atoms with E-state index in [-0.39, 0.29) is 12.5 Å². The molecular weight excluding hydrogens is 352 g/mol. The molecule has 0 spiro atoms. The number of hydrogen-bond donors (Lipinski definition) is 2. The maximum Gasteiger partial charge on any atom is 0.242 e. The lowest BCUT2D eigenvalue weighted by Crippen LogP contribution is -2.44. The van der Waals surface area contributed by atoms with Crippen LogP contribution in [0, 0.1) is 0 Å². The number of benzene rings is 2. The summed E-state index contributed by atoms with van der Waals surface area (Å²) in [5.74, 6) is 1.46. The smallest absolute Gasteiger partial charge is 0.242 e. The Balaban J connectivity index is 1.86. The van der Waals surface area contributed by atoms with Gasteiger partial charge in [0.25, 0.3) is 0 Å². The number of aliphatic imine (C=N–C) groups is 1. The zero-order valence-electron chi connectivity index (χ0n) is 16.9. The molecule has 0 bridgehead atoms. The number of amides is 1. The van der Waals surface area contributed by atoms with Crippen LogP contribution in [0.1, 0.15) is 25.0 Å². The molecule has 0 aliphatic heterocycles. The van der Waals surface area contributed by atoms with Gasteiger partial charge in [-0.1, -0.05) is 48.5 Å². The van der Waals surface area contributed by atoms with Gasteiger partial charge in [0.15, 0.2) is 5.96 Å². The summed E-state index contributed by atoms with van der Waals surface area (Å²) in [4.78, 5) is 18.6. The Hall–Kier alpha value is -3.02. The van der Waals surface area contributed by atoms with Crippen molar-refractivity contribution in [2.24, 2.45) is 4.99 Å². The minimum absolute atomic E-state index is 0.0315. The van der Waals surface area contributed by atoms with Crippen molar-refractivity contribution < 1.29 is 9.53 Å². The van der Waals surface area contributed by atoms with Gasteiger partial charge in [0.2, 0.25) is 5.91 Å². The third-order valence-electron chi connectivity index (χ3n) is 4.30. The van der Waals surface area contributed by atoms with E-state index in [0.717, 1.165) is 16.9 Å². The van der Waals surface area contributed by atoms with E-state index in [4.69, 9.17) is 4.74 Å². The van der Waals surface area contributed by atoms with Gasteiger partial charge < -0.3 is 20.3 Å². The van der Waals surface area contributed by atoms with Gasteiger partial charge in [-0.25, -0.2) is 0 Å². The van der Waals surface area contributed by atoms with Crippen molar-refractivity contribution >= 4 is 11.9 Å². The van der Waals surface area contributed by atoms with Crippen LogP contribution in [0.5, 0.6) is 5.75 Å². The van der Waals surface area contributed by atoms with Crippen LogP contribution in [0.15, 0.2) is 59.6 Å². The molecule has 0 fully saturated rings. The van der Waals surface area contributed by atoms with Crippen LogP contribution in [0.4, 0.5) is 0 Å². The summed E-state index contributed by atoms with van der Waals surface area (Å²) in [6.45, 7) is 6.57. The molecule has 150 valence electrons. The van der Waals surface area contributed by atoms with Gasteiger partial charge >= 0.3 is 0 Å². The van der Waals surface area contributed by atoms with E-state index in [1.807, 2.05) is 73.3 Å². The third-order valence-corrected chi connectivity index (χ3v) is 4.30. The van der Waals surface area contributed by atoms with E-state index in [1.54, 1.807) is 7.05 Å². The van der Waals surface area contributed by atoms with Crippen molar-refractivity contribution in [2.75, 3.05) is 26.7 Å². The summed E-state index contributed by atoms with van der Waals surface area (Å²) >= 11 is 0. The molecule has 1 amide bonds. The van der Waals surface area contributed by atoms with Crippen LogP contribution in [-0.4, -0.2) is 43.5 Å². The molecule has 2 aromatic carbocycles. The van der Waals surface area contributed by atoms with Gasteiger partial charge in [-0.2, -0.15) is 0 Å². The quantitative estimate of drug-likeness (QED) is 0.517. The summed E-state index contributed by atoms with van der Waals surface area (Å²) in [6.07, 6.45) is 0. The highest BCUT2D eigenvalue weighted by Crippen LogP contribution is 2.17. The van der Waals surface area contributed by atoms with Gasteiger partial charge in [-0.3, -0.25) is 9.79 Å². The number of ether oxygens (including phenoxy) is 1. The predicted molar refractivity (Wildman–Crippen MR) is 113 cm³/mol. The van der Waals surface area contributed by atoms with E-state index in [9.17, 15) is 4.79 Å². The second-order valence-corrected chi connectivity index (χ2v) is 6.21. The second-order valence-electron chi connectivity index (χ2n) is 6.21. The Morgan fingerprint density at radius 1 is 1.04 bits per heavy atom. The standard InChI is InChI=1S/C22H30N4O2/c1-4-26(17-18-11-7-6-8-12-18)21(27)16-25-22(23-3)24-15-19-13-9-10-14-20(19)28-5-2/h6-14H,4-5,15-17H2,1-3H3,(H2,23,24,25). The van der Waals surface area contributed by atoms with Crippen molar-refractivity contribution in [3.8, 4) is 5.75 Å². The highest BCUT2D eigenvalue weighted by molar-refractivity contribution is 5.86. The fourth-order valence-electron chi connectivity index (χ4n) is 2.80. The maximum absolute atomic E-state index is 12.6. The number of hydrogen-bond acceptors (Lipinski definition) is 3. The number of nitrogens with zero attached hydrogens (tertiary/aromatic N) is 2. The molecule has 2 rings (SSSR count). The van der Waals surface area contributed by atoms with Gasteiger partial charge in [0, 0.05) is 32.2 Å². The highest BCUT2D eigenvalue weighted by atomic mass is 16.5. The summed E-state index contributed by atoms with van der Waals surface area (Å²) in [5, 5.41) is 6.33. The summed E-state index contributed by atoms with van der Waals surface area (Å²) in [6, 6.07) is 17.9. The minimum atomic E-state index is 0.0315. The number of likely N-dealkylation sites (N-methyl/N-ethyl adjacent to an activating group) is 1. The molecule has 28 heavy (non-hydrogen) atoms. The maximum atomic E-state index is 12.6. The number of nitrogens with one attached hydrogen (secondary N) is 2. The van der Waals surface area contributed by atoms with Crippen LogP contribution < -0.4 is 15.4 Å². The molecule has 6 heteroatoms. The molecule has 0 heterocycles. The number of para-hydroxylation sites is 1. The first-order valence-corrected chi connectivity index (χ1v) is 9.64. The van der Waals surface area contributed by atoms with Crippen molar-refractivity contribution in [3.63, 3.8) is 0 Å². The molecule has 6 nitrogen and oxygen atoms in total. The second kappa shape index (κ2) is 11.6. The fourth-order valence-corrected chi connectivity index (χ4v) is 2.80. The molecule has 2 aromatic rings. The van der Waals surface area contributed by atoms with Crippen molar-refractivity contribution in [2.45, 2.75) is 26.9 Å². The van der Waals surface area contributed by atoms with Crippen molar-refractivity contribution in [3.05, 3.63) is 65.7 Å². The SMILES string of the molecule is CCOc1ccccc1CNC(=NC)NCC(=O)N(CC)Cc1ccccc1. The lowest BCUT2D eigenvalue weighted by atomic mass is 10.2. The van der Waals surface area contributed by atoms with Gasteiger partial charge in [0.1, 0.15) is 5.75 Å². The normalized spacial score (nSPS) is 11.0. The molecule has 0 aromatic heterocycles. The highest BCUT2D eigenvalue weighted by Gasteiger charge is 2.13. The fraction of sp³-hybridized carbons (Fsp3) is 0.364. The monoisotopic (exact) mass is 382 g/mol. The van der Waals surface area contributed by atoms with Crippen molar-refractivity contribution in [1.82, 2.24) is 15.5 Å². The average Bonchev–Trinajstić information content (AvgIpc) is 2.74. The Kier molecular flexibility index (Phi) is 8.85. The Morgan fingerprint density at radius 2 is 1.75 bits per heavy atom. The summed E-state index contributed by atoms with van der Waals surface area (Å²) in [7, 11) is 1.69. The third kappa shape index (κ3) is 6.61. The molecule has 0 saturated heterocycles. The summed E-state index contributed by atoms with van der Waals surface area (Å²) in [5.41, 5.74) is 2.16. The van der Waals surface area contributed by atoms with Gasteiger partial charge in [0.05, 0.1) is 13.2 Å². The first-order chi connectivity index (χ1) is 13.7. The number of carbonyl (C=O) groups excluding carboxylic acids is 1. The van der Waals surface area contributed by atoms with E-state index < -0.39 is 0 Å². The molecular formula is C22H30N4O2. The summed E-state index contributed by atoms with van der Waals surface area (Å²) < 4.78 is 5.64. The molecule has 0 aliphatic carbocycles. The first kappa shape index (κ1) is 21.3. The van der Waals surface area contributed by atoms with E-state index in [2.05, 4.69) is 15.6 Å². The Labute approximate surface area is 167 Å². The van der Waals surface area contributed by atoms with E-state index >= 15 is 0 Å². The number of rotatable bonds is 9. The van der Waals surface area contributed by atoms with Crippen LogP contribution >= 0.6 is 0 Å². The lowest BCUT2D eigenvalue weighted by Gasteiger charge is -2.22. The van der Waals surface area contributed by atoms with E-state index in [1.165, 1.54) is 0 Å². The largest absolute Gasteiger partial charge is 0.494 e. The zero-order chi connectivity index (χ0) is 20.2. The molecule has 0 radical (unpaired) electrons. The van der Waals surface area contributed by atoms with Crippen LogP contribution in [-0.2, 0) is 17.9 Å². The molecule has 0 atom stereocenters. The van der Waals surface area contributed by atoms with E-state index in [0.29, 0.717) is 32.2 Å². The number of carbonyl (C=O) groups is 1.